The summed E-state index contributed by atoms with van der Waals surface area (Å²) in [6, 6.07) is 6.16. The van der Waals surface area contributed by atoms with Crippen LogP contribution in [0, 0.1) is 0 Å². The zero-order chi connectivity index (χ0) is 15.7. The highest BCUT2D eigenvalue weighted by molar-refractivity contribution is 5.73. The summed E-state index contributed by atoms with van der Waals surface area (Å²) in [5.41, 5.74) is 2.54. The van der Waals surface area contributed by atoms with Gasteiger partial charge < -0.3 is 14.1 Å². The summed E-state index contributed by atoms with van der Waals surface area (Å²) in [5.74, 6) is 0.458. The fourth-order valence-corrected chi connectivity index (χ4v) is 2.85. The Hall–Kier alpha value is -2.04. The van der Waals surface area contributed by atoms with Gasteiger partial charge in [0.1, 0.15) is 11.1 Å². The number of nitrogens with zero attached hydrogens (tertiary/aromatic N) is 2. The second kappa shape index (κ2) is 5.63. The van der Waals surface area contributed by atoms with Crippen LogP contribution in [0.4, 0.5) is 4.79 Å². The second-order valence-electron chi connectivity index (χ2n) is 6.82. The highest BCUT2D eigenvalue weighted by Crippen LogP contribution is 2.30. The molecule has 1 aliphatic rings. The van der Waals surface area contributed by atoms with Gasteiger partial charge in [-0.2, -0.15) is 0 Å². The molecule has 1 aliphatic heterocycles. The molecule has 3 rings (SSSR count). The Balaban J connectivity index is 1.62. The number of likely N-dealkylation sites (tertiary alicyclic amines) is 1. The Morgan fingerprint density at radius 1 is 1.32 bits per heavy atom. The van der Waals surface area contributed by atoms with Crippen molar-refractivity contribution < 1.29 is 13.9 Å². The lowest BCUT2D eigenvalue weighted by molar-refractivity contribution is 0.0205. The number of hydrogen-bond donors (Lipinski definition) is 0. The summed E-state index contributed by atoms with van der Waals surface area (Å²) in [4.78, 5) is 18.1. The van der Waals surface area contributed by atoms with E-state index in [4.69, 9.17) is 9.15 Å². The standard InChI is InChI=1S/C17H22N2O3/c1-17(2,3)22-16(20)19-8-6-12(7-9-19)13-4-5-15-14(10-13)18-11-21-15/h4-5,10-12H,6-9H2,1-3H3. The van der Waals surface area contributed by atoms with Gasteiger partial charge in [0.05, 0.1) is 0 Å². The van der Waals surface area contributed by atoms with Crippen molar-refractivity contribution >= 4 is 17.2 Å². The van der Waals surface area contributed by atoms with E-state index in [-0.39, 0.29) is 6.09 Å². The summed E-state index contributed by atoms with van der Waals surface area (Å²) < 4.78 is 10.7. The van der Waals surface area contributed by atoms with Crippen LogP contribution in [0.2, 0.25) is 0 Å². The number of oxazole rings is 1. The van der Waals surface area contributed by atoms with Crippen LogP contribution in [0.1, 0.15) is 45.1 Å². The van der Waals surface area contributed by atoms with E-state index >= 15 is 0 Å². The van der Waals surface area contributed by atoms with Gasteiger partial charge in [-0.3, -0.25) is 0 Å². The minimum atomic E-state index is -0.439. The third-order valence-electron chi connectivity index (χ3n) is 3.97. The van der Waals surface area contributed by atoms with Crippen molar-refractivity contribution in [2.45, 2.75) is 45.1 Å². The fourth-order valence-electron chi connectivity index (χ4n) is 2.85. The molecule has 118 valence electrons. The van der Waals surface area contributed by atoms with E-state index in [0.29, 0.717) is 5.92 Å². The van der Waals surface area contributed by atoms with Gasteiger partial charge in [-0.15, -0.1) is 0 Å². The monoisotopic (exact) mass is 302 g/mol. The first-order chi connectivity index (χ1) is 10.4. The molecule has 1 fully saturated rings. The van der Waals surface area contributed by atoms with Crippen molar-refractivity contribution in [2.24, 2.45) is 0 Å². The van der Waals surface area contributed by atoms with Crippen molar-refractivity contribution in [3.05, 3.63) is 30.2 Å². The van der Waals surface area contributed by atoms with Crippen LogP contribution < -0.4 is 0 Å². The Bertz CT molecular complexity index is 664. The van der Waals surface area contributed by atoms with E-state index in [1.165, 1.54) is 12.0 Å². The maximum atomic E-state index is 12.1. The maximum Gasteiger partial charge on any atom is 0.410 e. The summed E-state index contributed by atoms with van der Waals surface area (Å²) in [6.45, 7) is 7.15. The smallest absolute Gasteiger partial charge is 0.410 e. The summed E-state index contributed by atoms with van der Waals surface area (Å²) >= 11 is 0. The normalized spacial score (nSPS) is 17.0. The van der Waals surface area contributed by atoms with E-state index in [1.807, 2.05) is 26.8 Å². The summed E-state index contributed by atoms with van der Waals surface area (Å²) in [7, 11) is 0. The van der Waals surface area contributed by atoms with E-state index in [1.54, 1.807) is 4.90 Å². The third-order valence-corrected chi connectivity index (χ3v) is 3.97. The lowest BCUT2D eigenvalue weighted by atomic mass is 9.89. The Morgan fingerprint density at radius 3 is 2.73 bits per heavy atom. The molecule has 2 aromatic rings. The Morgan fingerprint density at radius 2 is 2.05 bits per heavy atom. The number of fused-ring (bicyclic) bond motifs is 1. The number of carbonyl (C=O) groups is 1. The van der Waals surface area contributed by atoms with Crippen LogP contribution in [-0.2, 0) is 4.74 Å². The molecule has 5 nitrogen and oxygen atoms in total. The van der Waals surface area contributed by atoms with Crippen molar-refractivity contribution in [1.29, 1.82) is 0 Å². The van der Waals surface area contributed by atoms with Crippen LogP contribution in [0.25, 0.3) is 11.1 Å². The van der Waals surface area contributed by atoms with Crippen LogP contribution in [-0.4, -0.2) is 34.7 Å². The van der Waals surface area contributed by atoms with Gasteiger partial charge in [-0.1, -0.05) is 6.07 Å². The van der Waals surface area contributed by atoms with Crippen LogP contribution in [0.3, 0.4) is 0 Å². The molecule has 1 amide bonds. The number of carbonyl (C=O) groups excluding carboxylic acids is 1. The second-order valence-corrected chi connectivity index (χ2v) is 6.82. The minimum absolute atomic E-state index is 0.210. The highest BCUT2D eigenvalue weighted by Gasteiger charge is 2.27. The van der Waals surface area contributed by atoms with E-state index in [2.05, 4.69) is 17.1 Å². The molecule has 22 heavy (non-hydrogen) atoms. The van der Waals surface area contributed by atoms with E-state index in [9.17, 15) is 4.79 Å². The Labute approximate surface area is 130 Å². The maximum absolute atomic E-state index is 12.1. The average molecular weight is 302 g/mol. The molecule has 2 heterocycles. The molecule has 0 aliphatic carbocycles. The Kier molecular flexibility index (Phi) is 3.81. The number of amides is 1. The third kappa shape index (κ3) is 3.24. The lowest BCUT2D eigenvalue weighted by Gasteiger charge is -2.33. The van der Waals surface area contributed by atoms with Crippen LogP contribution >= 0.6 is 0 Å². The molecule has 0 spiro atoms. The zero-order valence-electron chi connectivity index (χ0n) is 13.3. The molecule has 0 radical (unpaired) electrons. The predicted octanol–water partition coefficient (Wildman–Crippen LogP) is 3.94. The zero-order valence-corrected chi connectivity index (χ0v) is 13.3. The van der Waals surface area contributed by atoms with Crippen LogP contribution in [0.5, 0.6) is 0 Å². The van der Waals surface area contributed by atoms with Gasteiger partial charge in [0, 0.05) is 13.1 Å². The number of piperidine rings is 1. The number of aromatic nitrogens is 1. The molecule has 0 saturated carbocycles. The number of rotatable bonds is 1. The first-order valence-electron chi connectivity index (χ1n) is 7.73. The predicted molar refractivity (Wildman–Crippen MR) is 83.8 cm³/mol. The molecular weight excluding hydrogens is 280 g/mol. The molecule has 1 aromatic heterocycles. The number of ether oxygens (including phenoxy) is 1. The number of benzene rings is 1. The molecular formula is C17H22N2O3. The average Bonchev–Trinajstić information content (AvgIpc) is 2.93. The quantitative estimate of drug-likeness (QED) is 0.800. The van der Waals surface area contributed by atoms with Crippen molar-refractivity contribution in [2.75, 3.05) is 13.1 Å². The topological polar surface area (TPSA) is 55.6 Å². The molecule has 0 atom stereocenters. The van der Waals surface area contributed by atoms with Crippen LogP contribution in [0.15, 0.2) is 29.0 Å². The van der Waals surface area contributed by atoms with Gasteiger partial charge in [0.25, 0.3) is 0 Å². The number of hydrogen-bond acceptors (Lipinski definition) is 4. The molecule has 5 heteroatoms. The molecule has 0 N–H and O–H groups in total. The van der Waals surface area contributed by atoms with E-state index in [0.717, 1.165) is 37.0 Å². The van der Waals surface area contributed by atoms with Gasteiger partial charge >= 0.3 is 6.09 Å². The lowest BCUT2D eigenvalue weighted by Crippen LogP contribution is -2.41. The minimum Gasteiger partial charge on any atom is -0.444 e. The first-order valence-corrected chi connectivity index (χ1v) is 7.73. The summed E-state index contributed by atoms with van der Waals surface area (Å²) in [5, 5.41) is 0. The summed E-state index contributed by atoms with van der Waals surface area (Å²) in [6.07, 6.45) is 3.16. The van der Waals surface area contributed by atoms with Crippen molar-refractivity contribution in [3.63, 3.8) is 0 Å². The molecule has 0 unspecified atom stereocenters. The van der Waals surface area contributed by atoms with E-state index < -0.39 is 5.60 Å². The van der Waals surface area contributed by atoms with Gasteiger partial charge in [0.2, 0.25) is 0 Å². The molecule has 1 saturated heterocycles. The largest absolute Gasteiger partial charge is 0.444 e. The van der Waals surface area contributed by atoms with Gasteiger partial charge in [0.15, 0.2) is 12.0 Å². The molecule has 1 aromatic carbocycles. The van der Waals surface area contributed by atoms with Gasteiger partial charge in [-0.25, -0.2) is 9.78 Å². The molecule has 0 bridgehead atoms. The fraction of sp³-hybridized carbons (Fsp3) is 0.529. The van der Waals surface area contributed by atoms with Gasteiger partial charge in [-0.05, 0) is 57.2 Å². The van der Waals surface area contributed by atoms with Crippen molar-refractivity contribution in [3.8, 4) is 0 Å². The SMILES string of the molecule is CC(C)(C)OC(=O)N1CCC(c2ccc3ocnc3c2)CC1. The first kappa shape index (κ1) is 14.9. The highest BCUT2D eigenvalue weighted by atomic mass is 16.6. The van der Waals surface area contributed by atoms with Crippen molar-refractivity contribution in [1.82, 2.24) is 9.88 Å².